The number of H-pyrrole nitrogens is 1. The van der Waals surface area contributed by atoms with E-state index >= 15 is 0 Å². The monoisotopic (exact) mass is 279 g/mol. The summed E-state index contributed by atoms with van der Waals surface area (Å²) in [7, 11) is -3.23. The van der Waals surface area contributed by atoms with Gasteiger partial charge in [-0.1, -0.05) is 12.1 Å². The molecule has 1 aromatic heterocycles. The third-order valence-electron chi connectivity index (χ3n) is 2.98. The molecule has 3 N–H and O–H groups in total. The van der Waals surface area contributed by atoms with Crippen LogP contribution in [-0.4, -0.2) is 23.6 Å². The molecule has 6 heteroatoms. The molecule has 19 heavy (non-hydrogen) atoms. The fraction of sp³-hybridized carbons (Fsp3) is 0.308. The molecule has 0 radical (unpaired) electrons. The number of hydrogen-bond donors (Lipinski definition) is 2. The second kappa shape index (κ2) is 4.70. The molecule has 1 aromatic carbocycles. The average molecular weight is 279 g/mol. The standard InChI is InChI=1S/C13H17N3O2S/c1-8(2)19(17,18)11-6-4-10(5-7-11)12-9(3)15-13(14)16-12/h4-8H,1-3H3,(H3,14,15,16). The molecule has 5 nitrogen and oxygen atoms in total. The number of nitrogens with one attached hydrogen (secondary N) is 1. The predicted octanol–water partition coefficient (Wildman–Crippen LogP) is 2.15. The zero-order valence-electron chi connectivity index (χ0n) is 11.1. The Balaban J connectivity index is 2.42. The van der Waals surface area contributed by atoms with E-state index in [1.807, 2.05) is 6.92 Å². The van der Waals surface area contributed by atoms with Crippen molar-refractivity contribution in [2.75, 3.05) is 5.73 Å². The van der Waals surface area contributed by atoms with E-state index in [4.69, 9.17) is 5.73 Å². The molecule has 0 bridgehead atoms. The molecule has 0 aliphatic heterocycles. The van der Waals surface area contributed by atoms with Crippen LogP contribution in [0.15, 0.2) is 29.2 Å². The number of aromatic amines is 1. The molecule has 0 saturated heterocycles. The molecule has 0 unspecified atom stereocenters. The van der Waals surface area contributed by atoms with E-state index in [1.165, 1.54) is 0 Å². The third kappa shape index (κ3) is 2.49. The van der Waals surface area contributed by atoms with Gasteiger partial charge < -0.3 is 10.7 Å². The SMILES string of the molecule is Cc1[nH]c(N)nc1-c1ccc(S(=O)(=O)C(C)C)cc1. The minimum Gasteiger partial charge on any atom is -0.369 e. The van der Waals surface area contributed by atoms with Crippen molar-refractivity contribution in [2.24, 2.45) is 0 Å². The van der Waals surface area contributed by atoms with Crippen LogP contribution in [-0.2, 0) is 9.84 Å². The summed E-state index contributed by atoms with van der Waals surface area (Å²) >= 11 is 0. The molecule has 0 aliphatic rings. The molecule has 1 heterocycles. The fourth-order valence-corrected chi connectivity index (χ4v) is 2.90. The highest BCUT2D eigenvalue weighted by Gasteiger charge is 2.19. The molecular formula is C13H17N3O2S. The summed E-state index contributed by atoms with van der Waals surface area (Å²) in [4.78, 5) is 7.42. The van der Waals surface area contributed by atoms with Gasteiger partial charge in [0.2, 0.25) is 0 Å². The van der Waals surface area contributed by atoms with E-state index in [2.05, 4.69) is 9.97 Å². The maximum atomic E-state index is 12.0. The third-order valence-corrected chi connectivity index (χ3v) is 5.15. The number of nitrogens with zero attached hydrogens (tertiary/aromatic N) is 1. The van der Waals surface area contributed by atoms with Gasteiger partial charge >= 0.3 is 0 Å². The number of anilines is 1. The number of imidazole rings is 1. The van der Waals surface area contributed by atoms with E-state index in [0.29, 0.717) is 10.8 Å². The topological polar surface area (TPSA) is 88.8 Å². The second-order valence-electron chi connectivity index (χ2n) is 4.71. The van der Waals surface area contributed by atoms with Gasteiger partial charge in [0.15, 0.2) is 15.8 Å². The lowest BCUT2D eigenvalue weighted by Gasteiger charge is -2.08. The Bertz CT molecular complexity index is 685. The zero-order valence-corrected chi connectivity index (χ0v) is 12.0. The number of nitrogens with two attached hydrogens (primary N) is 1. The van der Waals surface area contributed by atoms with E-state index in [-0.39, 0.29) is 0 Å². The molecule has 2 rings (SSSR count). The van der Waals surface area contributed by atoms with Gasteiger partial charge in [-0.05, 0) is 32.9 Å². The van der Waals surface area contributed by atoms with Gasteiger partial charge in [0.05, 0.1) is 15.8 Å². The van der Waals surface area contributed by atoms with Crippen LogP contribution in [0.2, 0.25) is 0 Å². The van der Waals surface area contributed by atoms with Crippen LogP contribution in [0.5, 0.6) is 0 Å². The average Bonchev–Trinajstić information content (AvgIpc) is 2.68. The van der Waals surface area contributed by atoms with Crippen LogP contribution >= 0.6 is 0 Å². The Labute approximate surface area is 112 Å². The van der Waals surface area contributed by atoms with E-state index in [1.54, 1.807) is 38.1 Å². The van der Waals surface area contributed by atoms with Crippen molar-refractivity contribution in [1.29, 1.82) is 0 Å². The minimum absolute atomic E-state index is 0.326. The van der Waals surface area contributed by atoms with Crippen LogP contribution in [0.4, 0.5) is 5.95 Å². The first kappa shape index (κ1) is 13.6. The second-order valence-corrected chi connectivity index (χ2v) is 7.22. The maximum absolute atomic E-state index is 12.0. The zero-order chi connectivity index (χ0) is 14.2. The summed E-state index contributed by atoms with van der Waals surface area (Å²) in [6.07, 6.45) is 0. The lowest BCUT2D eigenvalue weighted by molar-refractivity contribution is 0.587. The summed E-state index contributed by atoms with van der Waals surface area (Å²) in [5, 5.41) is -0.430. The normalized spacial score (nSPS) is 12.0. The molecular weight excluding hydrogens is 262 g/mol. The number of nitrogen functional groups attached to an aromatic ring is 1. The molecule has 102 valence electrons. The van der Waals surface area contributed by atoms with Gasteiger partial charge in [-0.15, -0.1) is 0 Å². The van der Waals surface area contributed by atoms with Crippen molar-refractivity contribution in [2.45, 2.75) is 30.9 Å². The Morgan fingerprint density at radius 3 is 2.21 bits per heavy atom. The van der Waals surface area contributed by atoms with Crippen molar-refractivity contribution in [3.8, 4) is 11.3 Å². The van der Waals surface area contributed by atoms with Crippen molar-refractivity contribution < 1.29 is 8.42 Å². The number of benzene rings is 1. The Morgan fingerprint density at radius 2 is 1.79 bits per heavy atom. The lowest BCUT2D eigenvalue weighted by atomic mass is 10.1. The van der Waals surface area contributed by atoms with Crippen LogP contribution in [0.3, 0.4) is 0 Å². The predicted molar refractivity (Wildman–Crippen MR) is 75.5 cm³/mol. The summed E-state index contributed by atoms with van der Waals surface area (Å²) in [5.41, 5.74) is 8.03. The van der Waals surface area contributed by atoms with Gasteiger partial charge in [-0.2, -0.15) is 0 Å². The number of aryl methyl sites for hydroxylation is 1. The van der Waals surface area contributed by atoms with Gasteiger partial charge in [0, 0.05) is 11.3 Å². The molecule has 0 spiro atoms. The van der Waals surface area contributed by atoms with Gasteiger partial charge in [-0.3, -0.25) is 0 Å². The summed E-state index contributed by atoms with van der Waals surface area (Å²) in [6, 6.07) is 6.71. The fourth-order valence-electron chi connectivity index (χ4n) is 1.84. The molecule has 0 amide bonds. The molecule has 0 atom stereocenters. The van der Waals surface area contributed by atoms with Gasteiger partial charge in [-0.25, -0.2) is 13.4 Å². The van der Waals surface area contributed by atoms with E-state index < -0.39 is 15.1 Å². The van der Waals surface area contributed by atoms with Gasteiger partial charge in [0.25, 0.3) is 0 Å². The first-order chi connectivity index (χ1) is 8.82. The highest BCUT2D eigenvalue weighted by atomic mass is 32.2. The van der Waals surface area contributed by atoms with Gasteiger partial charge in [0.1, 0.15) is 0 Å². The largest absolute Gasteiger partial charge is 0.369 e. The minimum atomic E-state index is -3.23. The van der Waals surface area contributed by atoms with Crippen LogP contribution < -0.4 is 5.73 Å². The molecule has 0 aliphatic carbocycles. The lowest BCUT2D eigenvalue weighted by Crippen LogP contribution is -2.13. The van der Waals surface area contributed by atoms with Crippen LogP contribution in [0, 0.1) is 6.92 Å². The van der Waals surface area contributed by atoms with E-state index in [0.717, 1.165) is 17.0 Å². The highest BCUT2D eigenvalue weighted by Crippen LogP contribution is 2.24. The molecule has 2 aromatic rings. The number of sulfone groups is 1. The van der Waals surface area contributed by atoms with Crippen molar-refractivity contribution in [3.63, 3.8) is 0 Å². The molecule has 0 saturated carbocycles. The number of aromatic nitrogens is 2. The number of rotatable bonds is 3. The van der Waals surface area contributed by atoms with Crippen molar-refractivity contribution in [3.05, 3.63) is 30.0 Å². The maximum Gasteiger partial charge on any atom is 0.198 e. The first-order valence-corrected chi connectivity index (χ1v) is 7.53. The Hall–Kier alpha value is -1.82. The summed E-state index contributed by atoms with van der Waals surface area (Å²) in [5.74, 6) is 0.353. The smallest absolute Gasteiger partial charge is 0.198 e. The summed E-state index contributed by atoms with van der Waals surface area (Å²) < 4.78 is 24.0. The van der Waals surface area contributed by atoms with E-state index in [9.17, 15) is 8.42 Å². The highest BCUT2D eigenvalue weighted by molar-refractivity contribution is 7.92. The quantitative estimate of drug-likeness (QED) is 0.901. The van der Waals surface area contributed by atoms with Crippen LogP contribution in [0.1, 0.15) is 19.5 Å². The van der Waals surface area contributed by atoms with Crippen molar-refractivity contribution in [1.82, 2.24) is 9.97 Å². The summed E-state index contributed by atoms with van der Waals surface area (Å²) in [6.45, 7) is 5.21. The Morgan fingerprint density at radius 1 is 1.21 bits per heavy atom. The first-order valence-electron chi connectivity index (χ1n) is 5.99. The molecule has 0 fully saturated rings. The Kier molecular flexibility index (Phi) is 3.36. The number of hydrogen-bond acceptors (Lipinski definition) is 4. The van der Waals surface area contributed by atoms with Crippen molar-refractivity contribution >= 4 is 15.8 Å². The van der Waals surface area contributed by atoms with Crippen LogP contribution in [0.25, 0.3) is 11.3 Å².